The Balaban J connectivity index is 1.48. The van der Waals surface area contributed by atoms with Gasteiger partial charge in [0.05, 0.1) is 23.8 Å². The molecule has 0 aliphatic carbocycles. The van der Waals surface area contributed by atoms with Crippen LogP contribution < -0.4 is 4.74 Å². The summed E-state index contributed by atoms with van der Waals surface area (Å²) >= 11 is 1.23. The molecule has 0 aromatic heterocycles. The Labute approximate surface area is 200 Å². The van der Waals surface area contributed by atoms with Crippen molar-refractivity contribution in [1.29, 1.82) is 0 Å². The van der Waals surface area contributed by atoms with Crippen LogP contribution in [0.2, 0.25) is 0 Å². The van der Waals surface area contributed by atoms with E-state index in [-0.39, 0.29) is 23.4 Å². The number of ether oxygens (including phenoxy) is 1. The Bertz CT molecular complexity index is 1350. The van der Waals surface area contributed by atoms with Crippen LogP contribution in [0.4, 0.5) is 0 Å². The highest BCUT2D eigenvalue weighted by Crippen LogP contribution is 2.42. The fourth-order valence-electron chi connectivity index (χ4n) is 3.93. The van der Waals surface area contributed by atoms with Crippen molar-refractivity contribution < 1.29 is 19.7 Å². The largest absolute Gasteiger partial charge is 0.508 e. The lowest BCUT2D eigenvalue weighted by atomic mass is 9.98. The zero-order chi connectivity index (χ0) is 23.7. The van der Waals surface area contributed by atoms with Crippen LogP contribution >= 0.6 is 11.8 Å². The Morgan fingerprint density at radius 1 is 1.03 bits per heavy atom. The first-order chi connectivity index (χ1) is 16.5. The number of amidine groups is 1. The molecule has 8 heteroatoms. The van der Waals surface area contributed by atoms with E-state index in [0.29, 0.717) is 33.4 Å². The van der Waals surface area contributed by atoms with Gasteiger partial charge < -0.3 is 14.9 Å². The first-order valence-electron chi connectivity index (χ1n) is 10.6. The van der Waals surface area contributed by atoms with Gasteiger partial charge in [-0.2, -0.15) is 10.1 Å². The molecular weight excluding hydrogens is 450 g/mol. The molecule has 0 fully saturated rings. The minimum Gasteiger partial charge on any atom is -0.508 e. The Morgan fingerprint density at radius 3 is 2.56 bits per heavy atom. The standard InChI is InChI=1S/C26H21N3O4S/c1-33-23-13-16(11-12-22(23)31)14-24-25(32)27-26(34-24)29-20(18-9-5-6-10-21(18)30)15-19(28-29)17-7-3-2-4-8-17/h2-14,20,30-31H,15H2,1H3/b24-14-. The molecule has 1 atom stereocenters. The quantitative estimate of drug-likeness (QED) is 0.524. The molecule has 170 valence electrons. The number of phenolic OH excluding ortho intramolecular Hbond substituents is 2. The predicted octanol–water partition coefficient (Wildman–Crippen LogP) is 4.93. The van der Waals surface area contributed by atoms with Gasteiger partial charge in [-0.05, 0) is 47.2 Å². The van der Waals surface area contributed by atoms with Crippen molar-refractivity contribution in [1.82, 2.24) is 5.01 Å². The fraction of sp³-hybridized carbons (Fsp3) is 0.115. The van der Waals surface area contributed by atoms with Crippen LogP contribution in [-0.4, -0.2) is 39.1 Å². The molecule has 1 unspecified atom stereocenters. The lowest BCUT2D eigenvalue weighted by Crippen LogP contribution is -2.23. The second-order valence-electron chi connectivity index (χ2n) is 7.78. The van der Waals surface area contributed by atoms with Crippen LogP contribution in [0.25, 0.3) is 6.08 Å². The minimum atomic E-state index is -0.369. The van der Waals surface area contributed by atoms with Crippen LogP contribution in [-0.2, 0) is 4.79 Å². The number of hydrazone groups is 1. The number of hydrogen-bond acceptors (Lipinski definition) is 7. The smallest absolute Gasteiger partial charge is 0.286 e. The van der Waals surface area contributed by atoms with Gasteiger partial charge in [0.1, 0.15) is 5.75 Å². The lowest BCUT2D eigenvalue weighted by molar-refractivity contribution is -0.113. The van der Waals surface area contributed by atoms with E-state index in [1.807, 2.05) is 42.5 Å². The summed E-state index contributed by atoms with van der Waals surface area (Å²) in [6.07, 6.45) is 2.27. The number of methoxy groups -OCH3 is 1. The third kappa shape index (κ3) is 4.15. The molecule has 0 spiro atoms. The van der Waals surface area contributed by atoms with Crippen molar-refractivity contribution in [3.63, 3.8) is 0 Å². The summed E-state index contributed by atoms with van der Waals surface area (Å²) in [5.41, 5.74) is 3.25. The summed E-state index contributed by atoms with van der Waals surface area (Å²) in [6, 6.07) is 21.5. The molecule has 2 N–H and O–H groups in total. The van der Waals surface area contributed by atoms with Gasteiger partial charge in [0.2, 0.25) is 0 Å². The molecular formula is C26H21N3O4S. The van der Waals surface area contributed by atoms with Gasteiger partial charge in [-0.25, -0.2) is 5.01 Å². The average molecular weight is 472 g/mol. The number of carbonyl (C=O) groups excluding carboxylic acids is 1. The maximum Gasteiger partial charge on any atom is 0.286 e. The topological polar surface area (TPSA) is 94.7 Å². The highest BCUT2D eigenvalue weighted by Gasteiger charge is 2.37. The number of carbonyl (C=O) groups is 1. The van der Waals surface area contributed by atoms with Crippen molar-refractivity contribution in [3.05, 3.63) is 94.4 Å². The first kappa shape index (κ1) is 21.8. The summed E-state index contributed by atoms with van der Waals surface area (Å²) in [5, 5.41) is 27.3. The molecule has 0 radical (unpaired) electrons. The fourth-order valence-corrected chi connectivity index (χ4v) is 4.85. The van der Waals surface area contributed by atoms with Crippen LogP contribution in [0.1, 0.15) is 29.2 Å². The summed E-state index contributed by atoms with van der Waals surface area (Å²) in [4.78, 5) is 17.5. The van der Waals surface area contributed by atoms with Gasteiger partial charge in [-0.3, -0.25) is 4.79 Å². The number of thioether (sulfide) groups is 1. The third-order valence-corrected chi connectivity index (χ3v) is 6.59. The number of hydrogen-bond donors (Lipinski definition) is 2. The van der Waals surface area contributed by atoms with E-state index in [2.05, 4.69) is 4.99 Å². The molecule has 0 bridgehead atoms. The van der Waals surface area contributed by atoms with Crippen molar-refractivity contribution in [2.24, 2.45) is 10.1 Å². The van der Waals surface area contributed by atoms with Crippen LogP contribution in [0.15, 0.2) is 87.8 Å². The molecule has 0 saturated heterocycles. The normalized spacial score (nSPS) is 18.9. The number of phenols is 2. The second kappa shape index (κ2) is 9.07. The minimum absolute atomic E-state index is 0.0253. The van der Waals surface area contributed by atoms with E-state index in [1.165, 1.54) is 24.9 Å². The molecule has 1 amide bonds. The van der Waals surface area contributed by atoms with Crippen LogP contribution in [0.5, 0.6) is 17.2 Å². The molecule has 2 aliphatic heterocycles. The second-order valence-corrected chi connectivity index (χ2v) is 8.79. The zero-order valence-electron chi connectivity index (χ0n) is 18.3. The average Bonchev–Trinajstić information content (AvgIpc) is 3.45. The molecule has 5 rings (SSSR count). The Kier molecular flexibility index (Phi) is 5.81. The van der Waals surface area contributed by atoms with E-state index in [1.54, 1.807) is 35.4 Å². The number of aromatic hydroxyl groups is 2. The molecule has 2 aliphatic rings. The predicted molar refractivity (Wildman–Crippen MR) is 133 cm³/mol. The van der Waals surface area contributed by atoms with E-state index < -0.39 is 0 Å². The summed E-state index contributed by atoms with van der Waals surface area (Å²) in [6.45, 7) is 0. The number of nitrogens with zero attached hydrogens (tertiary/aromatic N) is 3. The van der Waals surface area contributed by atoms with Gasteiger partial charge >= 0.3 is 0 Å². The number of amides is 1. The number of benzene rings is 3. The summed E-state index contributed by atoms with van der Waals surface area (Å²) < 4.78 is 5.16. The van der Waals surface area contributed by atoms with Crippen molar-refractivity contribution in [3.8, 4) is 17.2 Å². The SMILES string of the molecule is COc1cc(/C=C2\SC(N3N=C(c4ccccc4)CC3c3ccccc3O)=NC2=O)ccc1O. The Morgan fingerprint density at radius 2 is 1.79 bits per heavy atom. The summed E-state index contributed by atoms with van der Waals surface area (Å²) in [7, 11) is 1.47. The van der Waals surface area contributed by atoms with Crippen LogP contribution in [0, 0.1) is 0 Å². The number of rotatable bonds is 4. The number of aliphatic imine (C=N–C) groups is 1. The van der Waals surface area contributed by atoms with E-state index >= 15 is 0 Å². The van der Waals surface area contributed by atoms with Crippen molar-refractivity contribution >= 4 is 34.6 Å². The van der Waals surface area contributed by atoms with Crippen molar-refractivity contribution in [2.45, 2.75) is 12.5 Å². The maximum atomic E-state index is 12.7. The van der Waals surface area contributed by atoms with E-state index in [9.17, 15) is 15.0 Å². The highest BCUT2D eigenvalue weighted by molar-refractivity contribution is 8.18. The molecule has 2 heterocycles. The molecule has 3 aromatic carbocycles. The molecule has 34 heavy (non-hydrogen) atoms. The highest BCUT2D eigenvalue weighted by atomic mass is 32.2. The van der Waals surface area contributed by atoms with E-state index in [4.69, 9.17) is 9.84 Å². The van der Waals surface area contributed by atoms with E-state index in [0.717, 1.165) is 11.3 Å². The molecule has 0 saturated carbocycles. The Hall–Kier alpha value is -4.04. The van der Waals surface area contributed by atoms with Crippen molar-refractivity contribution in [2.75, 3.05) is 7.11 Å². The van der Waals surface area contributed by atoms with Crippen LogP contribution in [0.3, 0.4) is 0 Å². The number of para-hydroxylation sites is 1. The van der Waals surface area contributed by atoms with Gasteiger partial charge in [0.25, 0.3) is 5.91 Å². The third-order valence-electron chi connectivity index (χ3n) is 5.62. The maximum absolute atomic E-state index is 12.7. The van der Waals surface area contributed by atoms with Gasteiger partial charge in [-0.15, -0.1) is 0 Å². The van der Waals surface area contributed by atoms with Gasteiger partial charge in [0.15, 0.2) is 16.7 Å². The molecule has 3 aromatic rings. The van der Waals surface area contributed by atoms with Gasteiger partial charge in [0, 0.05) is 12.0 Å². The molecule has 7 nitrogen and oxygen atoms in total. The lowest BCUT2D eigenvalue weighted by Gasteiger charge is -2.23. The van der Waals surface area contributed by atoms with Gasteiger partial charge in [-0.1, -0.05) is 54.6 Å². The monoisotopic (exact) mass is 471 g/mol. The first-order valence-corrected chi connectivity index (χ1v) is 11.4. The summed E-state index contributed by atoms with van der Waals surface area (Å²) in [5.74, 6) is 0.148. The zero-order valence-corrected chi connectivity index (χ0v) is 19.1.